The van der Waals surface area contributed by atoms with Gasteiger partial charge in [0.1, 0.15) is 10.6 Å². The van der Waals surface area contributed by atoms with Crippen molar-refractivity contribution in [3.63, 3.8) is 0 Å². The highest BCUT2D eigenvalue weighted by atomic mass is 32.2. The van der Waals surface area contributed by atoms with Crippen LogP contribution in [-0.4, -0.2) is 21.0 Å². The lowest BCUT2D eigenvalue weighted by Crippen LogP contribution is -2.32. The molecule has 3 rings (SSSR count). The SMILES string of the molecule is CCCC(N)C(CCCN)Cc1cc(NCc2ccccc2)c(Oc2ccccc2)c(S(N)(=O)=O)c1. The lowest BCUT2D eigenvalue weighted by molar-refractivity contribution is 0.364. The second kappa shape index (κ2) is 13.4. The summed E-state index contributed by atoms with van der Waals surface area (Å²) >= 11 is 0. The summed E-state index contributed by atoms with van der Waals surface area (Å²) in [6, 6.07) is 22.5. The molecule has 0 saturated carbocycles. The third kappa shape index (κ3) is 8.06. The predicted molar refractivity (Wildman–Crippen MR) is 146 cm³/mol. The van der Waals surface area contributed by atoms with Crippen LogP contribution in [0.5, 0.6) is 11.5 Å². The Balaban J connectivity index is 2.05. The first-order valence-corrected chi connectivity index (χ1v) is 14.0. The van der Waals surface area contributed by atoms with E-state index in [1.165, 1.54) is 0 Å². The molecule has 0 bridgehead atoms. The maximum Gasteiger partial charge on any atom is 0.241 e. The number of para-hydroxylation sites is 1. The molecule has 0 aliphatic heterocycles. The number of benzene rings is 3. The number of ether oxygens (including phenoxy) is 1. The number of hydrogen-bond donors (Lipinski definition) is 4. The molecular weight excluding hydrogens is 472 g/mol. The average molecular weight is 511 g/mol. The summed E-state index contributed by atoms with van der Waals surface area (Å²) in [5.74, 6) is 0.869. The third-order valence-electron chi connectivity index (χ3n) is 6.21. The number of rotatable bonds is 14. The Hall–Kier alpha value is -2.91. The summed E-state index contributed by atoms with van der Waals surface area (Å²) in [4.78, 5) is -0.0546. The molecule has 0 aromatic heterocycles. The number of hydrogen-bond acceptors (Lipinski definition) is 6. The van der Waals surface area contributed by atoms with Gasteiger partial charge in [-0.15, -0.1) is 0 Å². The summed E-state index contributed by atoms with van der Waals surface area (Å²) in [6.07, 6.45) is 4.23. The summed E-state index contributed by atoms with van der Waals surface area (Å²) in [7, 11) is -4.08. The summed E-state index contributed by atoms with van der Waals surface area (Å²) in [5, 5.41) is 9.08. The van der Waals surface area contributed by atoms with Crippen LogP contribution in [0.2, 0.25) is 0 Å². The molecule has 0 aliphatic rings. The van der Waals surface area contributed by atoms with Crippen molar-refractivity contribution in [2.45, 2.75) is 56.5 Å². The molecule has 0 radical (unpaired) electrons. The molecule has 0 heterocycles. The quantitative estimate of drug-likeness (QED) is 0.247. The average Bonchev–Trinajstić information content (AvgIpc) is 2.87. The Bertz CT molecular complexity index is 1190. The molecule has 194 valence electrons. The van der Waals surface area contributed by atoms with Crippen molar-refractivity contribution in [3.8, 4) is 11.5 Å². The first kappa shape index (κ1) is 27.7. The van der Waals surface area contributed by atoms with Crippen LogP contribution in [-0.2, 0) is 23.0 Å². The molecule has 36 heavy (non-hydrogen) atoms. The number of primary sulfonamides is 1. The van der Waals surface area contributed by atoms with Gasteiger partial charge < -0.3 is 21.5 Å². The maximum atomic E-state index is 12.7. The van der Waals surface area contributed by atoms with E-state index in [9.17, 15) is 8.42 Å². The lowest BCUT2D eigenvalue weighted by Gasteiger charge is -2.25. The van der Waals surface area contributed by atoms with E-state index in [1.807, 2.05) is 54.6 Å². The molecule has 2 unspecified atom stereocenters. The van der Waals surface area contributed by atoms with Gasteiger partial charge in [-0.3, -0.25) is 0 Å². The van der Waals surface area contributed by atoms with Crippen LogP contribution in [0.15, 0.2) is 77.7 Å². The summed E-state index contributed by atoms with van der Waals surface area (Å²) in [6.45, 7) is 3.19. The van der Waals surface area contributed by atoms with Gasteiger partial charge >= 0.3 is 0 Å². The van der Waals surface area contributed by atoms with Crippen molar-refractivity contribution in [2.24, 2.45) is 22.5 Å². The van der Waals surface area contributed by atoms with Gasteiger partial charge in [0.05, 0.1) is 5.69 Å². The second-order valence-electron chi connectivity index (χ2n) is 9.12. The van der Waals surface area contributed by atoms with Crippen LogP contribution in [0, 0.1) is 5.92 Å². The normalized spacial score (nSPS) is 13.2. The topological polar surface area (TPSA) is 133 Å². The zero-order valence-corrected chi connectivity index (χ0v) is 21.7. The van der Waals surface area contributed by atoms with Crippen LogP contribution in [0.25, 0.3) is 0 Å². The van der Waals surface area contributed by atoms with E-state index < -0.39 is 10.0 Å². The van der Waals surface area contributed by atoms with Gasteiger partial charge in [0.25, 0.3) is 0 Å². The molecule has 7 nitrogen and oxygen atoms in total. The Kier molecular flexibility index (Phi) is 10.3. The molecule has 0 aliphatic carbocycles. The first-order chi connectivity index (χ1) is 17.3. The van der Waals surface area contributed by atoms with Crippen LogP contribution in [0.3, 0.4) is 0 Å². The largest absolute Gasteiger partial charge is 0.454 e. The number of nitrogens with two attached hydrogens (primary N) is 3. The highest BCUT2D eigenvalue weighted by Crippen LogP contribution is 2.38. The minimum atomic E-state index is -4.08. The van der Waals surface area contributed by atoms with Gasteiger partial charge in [0, 0.05) is 12.6 Å². The van der Waals surface area contributed by atoms with Crippen LogP contribution >= 0.6 is 0 Å². The number of anilines is 1. The third-order valence-corrected chi connectivity index (χ3v) is 7.13. The molecule has 8 heteroatoms. The number of sulfonamides is 1. The van der Waals surface area contributed by atoms with Crippen molar-refractivity contribution in [1.29, 1.82) is 0 Å². The molecule has 0 amide bonds. The Morgan fingerprint density at radius 2 is 1.61 bits per heavy atom. The van der Waals surface area contributed by atoms with Gasteiger partial charge in [-0.05, 0) is 73.5 Å². The second-order valence-corrected chi connectivity index (χ2v) is 10.6. The molecule has 3 aromatic rings. The number of nitrogens with one attached hydrogen (secondary N) is 1. The zero-order valence-electron chi connectivity index (χ0n) is 20.9. The zero-order chi connectivity index (χ0) is 26.0. The van der Waals surface area contributed by atoms with E-state index in [0.29, 0.717) is 30.9 Å². The van der Waals surface area contributed by atoms with Crippen molar-refractivity contribution < 1.29 is 13.2 Å². The van der Waals surface area contributed by atoms with Gasteiger partial charge in [0.2, 0.25) is 10.0 Å². The van der Waals surface area contributed by atoms with E-state index >= 15 is 0 Å². The van der Waals surface area contributed by atoms with Crippen molar-refractivity contribution in [2.75, 3.05) is 11.9 Å². The fourth-order valence-electron chi connectivity index (χ4n) is 4.34. The highest BCUT2D eigenvalue weighted by molar-refractivity contribution is 7.89. The van der Waals surface area contributed by atoms with Gasteiger partial charge in [0.15, 0.2) is 5.75 Å². The maximum absolute atomic E-state index is 12.7. The predicted octanol–water partition coefficient (Wildman–Crippen LogP) is 4.76. The summed E-state index contributed by atoms with van der Waals surface area (Å²) in [5.41, 5.74) is 14.7. The Morgan fingerprint density at radius 1 is 0.944 bits per heavy atom. The molecule has 2 atom stereocenters. The van der Waals surface area contributed by atoms with Crippen molar-refractivity contribution in [1.82, 2.24) is 0 Å². The van der Waals surface area contributed by atoms with Crippen LogP contribution < -0.4 is 26.7 Å². The fourth-order valence-corrected chi connectivity index (χ4v) is 5.07. The molecular formula is C28H38N4O3S. The minimum absolute atomic E-state index is 0.000423. The lowest BCUT2D eigenvalue weighted by atomic mass is 9.86. The van der Waals surface area contributed by atoms with E-state index in [0.717, 1.165) is 36.8 Å². The highest BCUT2D eigenvalue weighted by Gasteiger charge is 2.24. The van der Waals surface area contributed by atoms with E-state index in [-0.39, 0.29) is 22.6 Å². The molecule has 0 fully saturated rings. The molecule has 0 saturated heterocycles. The summed E-state index contributed by atoms with van der Waals surface area (Å²) < 4.78 is 31.6. The van der Waals surface area contributed by atoms with E-state index in [2.05, 4.69) is 12.2 Å². The fraction of sp³-hybridized carbons (Fsp3) is 0.357. The molecule has 3 aromatic carbocycles. The van der Waals surface area contributed by atoms with Gasteiger partial charge in [-0.2, -0.15) is 0 Å². The Morgan fingerprint density at radius 3 is 2.22 bits per heavy atom. The minimum Gasteiger partial charge on any atom is -0.454 e. The van der Waals surface area contributed by atoms with Gasteiger partial charge in [-0.25, -0.2) is 13.6 Å². The van der Waals surface area contributed by atoms with E-state index in [4.69, 9.17) is 21.3 Å². The van der Waals surface area contributed by atoms with Crippen LogP contribution in [0.4, 0.5) is 5.69 Å². The van der Waals surface area contributed by atoms with Crippen LogP contribution in [0.1, 0.15) is 43.7 Å². The Labute approximate surface area is 215 Å². The smallest absolute Gasteiger partial charge is 0.241 e. The van der Waals surface area contributed by atoms with Gasteiger partial charge in [-0.1, -0.05) is 61.9 Å². The van der Waals surface area contributed by atoms with Crippen molar-refractivity contribution >= 4 is 15.7 Å². The monoisotopic (exact) mass is 510 g/mol. The molecule has 7 N–H and O–H groups in total. The molecule has 0 spiro atoms. The van der Waals surface area contributed by atoms with E-state index in [1.54, 1.807) is 18.2 Å². The standard InChI is InChI=1S/C28H38N4O3S/c1-2-10-25(30)23(13-9-16-29)17-22-18-26(32-20-21-11-5-3-6-12-21)28(27(19-22)36(31,33)34)35-24-14-7-4-8-15-24/h3-8,11-12,14-15,18-19,23,25,32H,2,9-10,13,16-17,20,29-30H2,1H3,(H2,31,33,34). The first-order valence-electron chi connectivity index (χ1n) is 12.5. The van der Waals surface area contributed by atoms with Crippen molar-refractivity contribution in [3.05, 3.63) is 83.9 Å².